The molecule has 0 aromatic heterocycles. The quantitative estimate of drug-likeness (QED) is 0.864. The summed E-state index contributed by atoms with van der Waals surface area (Å²) in [7, 11) is 0. The van der Waals surface area contributed by atoms with E-state index in [1.54, 1.807) is 11.0 Å². The molecule has 1 aromatic rings. The van der Waals surface area contributed by atoms with E-state index in [-0.39, 0.29) is 5.91 Å². The maximum Gasteiger partial charge on any atom is 0.254 e. The Labute approximate surface area is 107 Å². The molecule has 92 valence electrons. The summed E-state index contributed by atoms with van der Waals surface area (Å²) in [6.45, 7) is 0.949. The second kappa shape index (κ2) is 5.14. The lowest BCUT2D eigenvalue weighted by Gasteiger charge is -2.30. The zero-order valence-electron chi connectivity index (χ0n) is 9.20. The number of hydrogen-bond donors (Lipinski definition) is 1. The SMILES string of the molecule is O=C(c1ccc(Br)c(F)c1)N1CCCC(O)C1. The average Bonchev–Trinajstić information content (AvgIpc) is 2.32. The molecule has 0 spiro atoms. The molecule has 1 atom stereocenters. The molecule has 2 rings (SSSR count). The highest BCUT2D eigenvalue weighted by atomic mass is 79.9. The molecule has 1 amide bonds. The third-order valence-electron chi connectivity index (χ3n) is 2.85. The van der Waals surface area contributed by atoms with Gasteiger partial charge in [-0.1, -0.05) is 0 Å². The number of benzene rings is 1. The summed E-state index contributed by atoms with van der Waals surface area (Å²) in [4.78, 5) is 13.6. The maximum absolute atomic E-state index is 13.3. The molecular formula is C12H13BrFNO2. The first-order chi connectivity index (χ1) is 8.08. The van der Waals surface area contributed by atoms with Gasteiger partial charge in [-0.25, -0.2) is 4.39 Å². The number of hydrogen-bond acceptors (Lipinski definition) is 2. The van der Waals surface area contributed by atoms with Crippen LogP contribution in [0, 0.1) is 5.82 Å². The summed E-state index contributed by atoms with van der Waals surface area (Å²) >= 11 is 3.04. The first-order valence-electron chi connectivity index (χ1n) is 5.50. The number of β-amino-alcohol motifs (C(OH)–C–C–N with tert-alkyl or cyclic N) is 1. The van der Waals surface area contributed by atoms with Crippen molar-refractivity contribution in [1.82, 2.24) is 4.90 Å². The van der Waals surface area contributed by atoms with Crippen LogP contribution in [0.15, 0.2) is 22.7 Å². The predicted molar refractivity (Wildman–Crippen MR) is 65.2 cm³/mol. The Kier molecular flexibility index (Phi) is 3.79. The molecule has 1 aliphatic rings. The van der Waals surface area contributed by atoms with E-state index in [1.165, 1.54) is 12.1 Å². The zero-order chi connectivity index (χ0) is 12.4. The molecule has 0 aliphatic carbocycles. The fourth-order valence-electron chi connectivity index (χ4n) is 1.95. The van der Waals surface area contributed by atoms with Gasteiger partial charge in [-0.15, -0.1) is 0 Å². The summed E-state index contributed by atoms with van der Waals surface area (Å²) in [6.07, 6.45) is 1.04. The number of rotatable bonds is 1. The first-order valence-corrected chi connectivity index (χ1v) is 6.29. The predicted octanol–water partition coefficient (Wildman–Crippen LogP) is 2.19. The van der Waals surface area contributed by atoms with Crippen LogP contribution in [-0.4, -0.2) is 35.1 Å². The summed E-state index contributed by atoms with van der Waals surface area (Å²) in [5.41, 5.74) is 0.319. The molecule has 1 aliphatic heterocycles. The van der Waals surface area contributed by atoms with Crippen LogP contribution in [0.1, 0.15) is 23.2 Å². The van der Waals surface area contributed by atoms with Crippen molar-refractivity contribution >= 4 is 21.8 Å². The highest BCUT2D eigenvalue weighted by molar-refractivity contribution is 9.10. The number of aliphatic hydroxyl groups excluding tert-OH is 1. The number of carbonyl (C=O) groups excluding carboxylic acids is 1. The van der Waals surface area contributed by atoms with Gasteiger partial charge in [-0.2, -0.15) is 0 Å². The van der Waals surface area contributed by atoms with Crippen molar-refractivity contribution in [3.05, 3.63) is 34.1 Å². The van der Waals surface area contributed by atoms with E-state index < -0.39 is 11.9 Å². The molecule has 3 nitrogen and oxygen atoms in total. The van der Waals surface area contributed by atoms with Crippen LogP contribution in [-0.2, 0) is 0 Å². The molecule has 1 unspecified atom stereocenters. The highest BCUT2D eigenvalue weighted by Crippen LogP contribution is 2.19. The van der Waals surface area contributed by atoms with E-state index >= 15 is 0 Å². The van der Waals surface area contributed by atoms with Crippen LogP contribution in [0.4, 0.5) is 4.39 Å². The number of carbonyl (C=O) groups is 1. The Balaban J connectivity index is 2.15. The molecule has 0 bridgehead atoms. The zero-order valence-corrected chi connectivity index (χ0v) is 10.8. The topological polar surface area (TPSA) is 40.5 Å². The van der Waals surface area contributed by atoms with E-state index in [1.807, 2.05) is 0 Å². The largest absolute Gasteiger partial charge is 0.391 e. The summed E-state index contributed by atoms with van der Waals surface area (Å²) in [5.74, 6) is -0.677. The minimum atomic E-state index is -0.465. The van der Waals surface area contributed by atoms with Gasteiger partial charge in [-0.3, -0.25) is 4.79 Å². The van der Waals surface area contributed by atoms with Gasteiger partial charge < -0.3 is 10.0 Å². The Morgan fingerprint density at radius 1 is 1.53 bits per heavy atom. The first kappa shape index (κ1) is 12.5. The van der Waals surface area contributed by atoms with Gasteiger partial charge in [0.25, 0.3) is 5.91 Å². The molecule has 0 saturated carbocycles. The summed E-state index contributed by atoms with van der Waals surface area (Å²) < 4.78 is 13.7. The fraction of sp³-hybridized carbons (Fsp3) is 0.417. The Morgan fingerprint density at radius 3 is 2.94 bits per heavy atom. The van der Waals surface area contributed by atoms with Crippen molar-refractivity contribution in [2.45, 2.75) is 18.9 Å². The van der Waals surface area contributed by atoms with Crippen LogP contribution in [0.2, 0.25) is 0 Å². The molecule has 1 aromatic carbocycles. The molecule has 1 fully saturated rings. The third-order valence-corrected chi connectivity index (χ3v) is 3.49. The molecule has 5 heteroatoms. The molecule has 1 heterocycles. The van der Waals surface area contributed by atoms with Crippen molar-refractivity contribution in [3.8, 4) is 0 Å². The van der Waals surface area contributed by atoms with E-state index in [9.17, 15) is 14.3 Å². The Hall–Kier alpha value is -0.940. The van der Waals surface area contributed by atoms with Crippen LogP contribution in [0.5, 0.6) is 0 Å². The minimum absolute atomic E-state index is 0.227. The van der Waals surface area contributed by atoms with Crippen molar-refractivity contribution in [2.24, 2.45) is 0 Å². The number of amides is 1. The number of aliphatic hydroxyl groups is 1. The maximum atomic E-state index is 13.3. The van der Waals surface area contributed by atoms with Crippen LogP contribution in [0.3, 0.4) is 0 Å². The highest BCUT2D eigenvalue weighted by Gasteiger charge is 2.23. The minimum Gasteiger partial charge on any atom is -0.391 e. The van der Waals surface area contributed by atoms with Crippen molar-refractivity contribution < 1.29 is 14.3 Å². The monoisotopic (exact) mass is 301 g/mol. The summed E-state index contributed by atoms with van der Waals surface area (Å²) in [6, 6.07) is 4.31. The lowest BCUT2D eigenvalue weighted by Crippen LogP contribution is -2.42. The van der Waals surface area contributed by atoms with Crippen LogP contribution < -0.4 is 0 Å². The van der Waals surface area contributed by atoms with Crippen LogP contribution >= 0.6 is 15.9 Å². The lowest BCUT2D eigenvalue weighted by molar-refractivity contribution is 0.0473. The fourth-order valence-corrected chi connectivity index (χ4v) is 2.20. The standard InChI is InChI=1S/C12H13BrFNO2/c13-10-4-3-8(6-11(10)14)12(17)15-5-1-2-9(16)7-15/h3-4,6,9,16H,1-2,5,7H2. The lowest BCUT2D eigenvalue weighted by atomic mass is 10.1. The molecule has 1 N–H and O–H groups in total. The summed E-state index contributed by atoms with van der Waals surface area (Å²) in [5, 5.41) is 9.50. The van der Waals surface area contributed by atoms with E-state index in [2.05, 4.69) is 15.9 Å². The van der Waals surface area contributed by atoms with Crippen molar-refractivity contribution in [3.63, 3.8) is 0 Å². The van der Waals surface area contributed by atoms with E-state index in [4.69, 9.17) is 0 Å². The molecule has 17 heavy (non-hydrogen) atoms. The average molecular weight is 302 g/mol. The normalized spacial score (nSPS) is 20.4. The Bertz CT molecular complexity index is 439. The number of nitrogens with zero attached hydrogens (tertiary/aromatic N) is 1. The van der Waals surface area contributed by atoms with E-state index in [0.717, 1.165) is 12.8 Å². The second-order valence-electron chi connectivity index (χ2n) is 4.18. The number of halogens is 2. The van der Waals surface area contributed by atoms with Crippen molar-refractivity contribution in [2.75, 3.05) is 13.1 Å². The number of likely N-dealkylation sites (tertiary alicyclic amines) is 1. The molecule has 0 radical (unpaired) electrons. The van der Waals surface area contributed by atoms with Gasteiger partial charge in [0.15, 0.2) is 0 Å². The number of piperidine rings is 1. The van der Waals surface area contributed by atoms with Gasteiger partial charge in [0.05, 0.1) is 10.6 Å². The van der Waals surface area contributed by atoms with Crippen LogP contribution in [0.25, 0.3) is 0 Å². The van der Waals surface area contributed by atoms with Gasteiger partial charge in [0.2, 0.25) is 0 Å². The Morgan fingerprint density at radius 2 is 2.29 bits per heavy atom. The smallest absolute Gasteiger partial charge is 0.254 e. The van der Waals surface area contributed by atoms with Gasteiger partial charge in [0.1, 0.15) is 5.82 Å². The second-order valence-corrected chi connectivity index (χ2v) is 5.03. The molecular weight excluding hydrogens is 289 g/mol. The van der Waals surface area contributed by atoms with Gasteiger partial charge in [-0.05, 0) is 47.0 Å². The van der Waals surface area contributed by atoms with E-state index in [0.29, 0.717) is 23.1 Å². The third kappa shape index (κ3) is 2.84. The van der Waals surface area contributed by atoms with Crippen molar-refractivity contribution in [1.29, 1.82) is 0 Å². The van der Waals surface area contributed by atoms with Gasteiger partial charge >= 0.3 is 0 Å². The van der Waals surface area contributed by atoms with Gasteiger partial charge in [0, 0.05) is 18.7 Å². The molecule has 1 saturated heterocycles.